The Kier molecular flexibility index (Phi) is 5.27. The van der Waals surface area contributed by atoms with Crippen molar-refractivity contribution in [3.63, 3.8) is 0 Å². The molecule has 0 radical (unpaired) electrons. The average Bonchev–Trinajstić information content (AvgIpc) is 3.14. The molecule has 13 nitrogen and oxygen atoms in total. The quantitative estimate of drug-likeness (QED) is 0.362. The van der Waals surface area contributed by atoms with Crippen LogP contribution < -0.4 is 19.1 Å². The molecular weight excluding hydrogens is 464 g/mol. The van der Waals surface area contributed by atoms with Gasteiger partial charge in [0, 0.05) is 29.3 Å². The zero-order chi connectivity index (χ0) is 22.9. The van der Waals surface area contributed by atoms with Gasteiger partial charge in [-0.1, -0.05) is 0 Å². The van der Waals surface area contributed by atoms with Crippen LogP contribution in [0.15, 0.2) is 69.3 Å². The summed E-state index contributed by atoms with van der Waals surface area (Å²) in [5.41, 5.74) is 0.238. The van der Waals surface area contributed by atoms with Gasteiger partial charge in [0.05, 0.1) is 16.9 Å². The van der Waals surface area contributed by atoms with Crippen molar-refractivity contribution in [1.29, 1.82) is 0 Å². The first-order valence-electron chi connectivity index (χ1n) is 8.70. The van der Waals surface area contributed by atoms with Crippen molar-refractivity contribution in [2.75, 3.05) is 16.6 Å². The Hall–Kier alpha value is -3.98. The van der Waals surface area contributed by atoms with Gasteiger partial charge in [0.2, 0.25) is 16.9 Å². The number of nitrogens with one attached hydrogen (secondary N) is 2. The van der Waals surface area contributed by atoms with Crippen molar-refractivity contribution in [2.24, 2.45) is 0 Å². The van der Waals surface area contributed by atoms with Gasteiger partial charge in [-0.15, -0.1) is 0 Å². The number of benzene rings is 2. The summed E-state index contributed by atoms with van der Waals surface area (Å²) in [5.74, 6) is -0.107. The van der Waals surface area contributed by atoms with Crippen molar-refractivity contribution in [2.45, 2.75) is 9.79 Å². The highest BCUT2D eigenvalue weighted by atomic mass is 32.2. The van der Waals surface area contributed by atoms with Gasteiger partial charge in [0.1, 0.15) is 0 Å². The van der Waals surface area contributed by atoms with Crippen LogP contribution in [0.4, 0.5) is 11.5 Å². The zero-order valence-electron chi connectivity index (χ0n) is 16.2. The number of anilines is 2. The van der Waals surface area contributed by atoms with Crippen LogP contribution in [0.2, 0.25) is 0 Å². The van der Waals surface area contributed by atoms with Gasteiger partial charge in [0.25, 0.3) is 25.9 Å². The van der Waals surface area contributed by atoms with E-state index in [0.717, 1.165) is 6.07 Å². The van der Waals surface area contributed by atoms with E-state index >= 15 is 0 Å². The molecule has 15 heteroatoms. The first-order chi connectivity index (χ1) is 15.2. The number of hydrogen-bond acceptors (Lipinski definition) is 10. The molecule has 0 aliphatic carbocycles. The van der Waals surface area contributed by atoms with Crippen LogP contribution in [0.1, 0.15) is 0 Å². The maximum atomic E-state index is 12.6. The number of hydrogen-bond donors (Lipinski definition) is 2. The Bertz CT molecular complexity index is 1500. The van der Waals surface area contributed by atoms with Gasteiger partial charge in [-0.3, -0.25) is 14.1 Å². The normalized spacial score (nSPS) is 11.9. The highest BCUT2D eigenvalue weighted by Gasteiger charge is 2.21. The van der Waals surface area contributed by atoms with Crippen molar-refractivity contribution in [1.82, 2.24) is 15.1 Å². The van der Waals surface area contributed by atoms with Gasteiger partial charge >= 0.3 is 0 Å². The Morgan fingerprint density at radius 1 is 0.938 bits per heavy atom. The minimum absolute atomic E-state index is 0.00959. The first-order valence-corrected chi connectivity index (χ1v) is 11.7. The van der Waals surface area contributed by atoms with E-state index in [9.17, 15) is 22.0 Å². The average molecular weight is 478 g/mol. The summed E-state index contributed by atoms with van der Waals surface area (Å²) in [7, 11) is -6.80. The van der Waals surface area contributed by atoms with E-state index < -0.39 is 20.0 Å². The Morgan fingerprint density at radius 3 is 2.31 bits per heavy atom. The molecule has 0 spiro atoms. The van der Waals surface area contributed by atoms with E-state index in [-0.39, 0.29) is 43.1 Å². The molecule has 4 aromatic rings. The molecule has 32 heavy (non-hydrogen) atoms. The van der Waals surface area contributed by atoms with E-state index in [1.807, 2.05) is 0 Å². The van der Waals surface area contributed by atoms with Crippen molar-refractivity contribution >= 4 is 42.6 Å². The van der Waals surface area contributed by atoms with Crippen LogP contribution in [0, 0.1) is 5.21 Å². The number of aromatic nitrogens is 4. The SMILES string of the molecule is COc1nccnc1NS(=O)(=O)c1ccc(NS(=O)(=O)c2ccc3no[n+]([O-])c3c2)cc1. The second kappa shape index (κ2) is 7.93. The molecule has 2 heterocycles. The fraction of sp³-hybridized carbons (Fsp3) is 0.0588. The van der Waals surface area contributed by atoms with Crippen LogP contribution >= 0.6 is 0 Å². The van der Waals surface area contributed by atoms with Gasteiger partial charge in [-0.05, 0) is 41.3 Å². The molecule has 0 unspecified atom stereocenters. The molecule has 0 fully saturated rings. The van der Waals surface area contributed by atoms with Gasteiger partial charge in [-0.2, -0.15) is 0 Å². The fourth-order valence-corrected chi connectivity index (χ4v) is 4.75. The number of sulfonamides is 2. The molecule has 0 saturated heterocycles. The zero-order valence-corrected chi connectivity index (χ0v) is 17.8. The number of methoxy groups -OCH3 is 1. The summed E-state index contributed by atoms with van der Waals surface area (Å²) in [5, 5.41) is 15.0. The van der Waals surface area contributed by atoms with E-state index in [2.05, 4.69) is 29.2 Å². The van der Waals surface area contributed by atoms with Crippen LogP contribution in [-0.4, -0.2) is 39.1 Å². The number of rotatable bonds is 7. The number of ether oxygens (including phenoxy) is 1. The summed E-state index contributed by atoms with van der Waals surface area (Å²) >= 11 is 0. The Labute approximate surface area is 181 Å². The van der Waals surface area contributed by atoms with Crippen LogP contribution in [0.5, 0.6) is 5.88 Å². The maximum absolute atomic E-state index is 12.6. The monoisotopic (exact) mass is 478 g/mol. The highest BCUT2D eigenvalue weighted by molar-refractivity contribution is 7.93. The molecular formula is C17H14N6O7S2. The minimum atomic E-state index is -4.08. The van der Waals surface area contributed by atoms with Crippen LogP contribution in [-0.2, 0) is 20.0 Å². The van der Waals surface area contributed by atoms with Crippen molar-refractivity contribution in [3.8, 4) is 5.88 Å². The standard InChI is InChI=1S/C17H14N6O7S2/c1-29-17-16(18-8-9-19-17)22-31(25,26)12-4-2-11(3-5-12)21-32(27,28)13-6-7-14-15(10-13)23(24)30-20-14/h2-10,21H,1H3,(H,18,22). The third kappa shape index (κ3) is 4.10. The predicted molar refractivity (Wildman–Crippen MR) is 110 cm³/mol. The molecule has 0 amide bonds. The lowest BCUT2D eigenvalue weighted by Crippen LogP contribution is -2.23. The predicted octanol–water partition coefficient (Wildman–Crippen LogP) is 0.861. The number of nitrogens with zero attached hydrogens (tertiary/aromatic N) is 4. The van der Waals surface area contributed by atoms with Gasteiger partial charge in [0.15, 0.2) is 0 Å². The minimum Gasteiger partial charge on any atom is -0.478 e. The number of fused-ring (bicyclic) bond motifs is 1. The Balaban J connectivity index is 1.55. The van der Waals surface area contributed by atoms with E-state index in [1.54, 1.807) is 0 Å². The lowest BCUT2D eigenvalue weighted by atomic mass is 10.3. The highest BCUT2D eigenvalue weighted by Crippen LogP contribution is 2.23. The molecule has 0 aliphatic heterocycles. The second-order valence-electron chi connectivity index (χ2n) is 6.23. The second-order valence-corrected chi connectivity index (χ2v) is 9.59. The summed E-state index contributed by atoms with van der Waals surface area (Å²) in [6.07, 6.45) is 2.64. The molecule has 166 valence electrons. The van der Waals surface area contributed by atoms with Gasteiger partial charge < -0.3 is 9.94 Å². The molecule has 0 bridgehead atoms. The maximum Gasteiger partial charge on any atom is 0.263 e. The van der Waals surface area contributed by atoms with E-state index in [1.165, 1.54) is 55.9 Å². The Morgan fingerprint density at radius 2 is 1.59 bits per heavy atom. The fourth-order valence-electron chi connectivity index (χ4n) is 2.67. The van der Waals surface area contributed by atoms with Crippen LogP contribution in [0.3, 0.4) is 0 Å². The van der Waals surface area contributed by atoms with Crippen LogP contribution in [0.25, 0.3) is 11.0 Å². The molecule has 0 saturated carbocycles. The summed E-state index contributed by atoms with van der Waals surface area (Å²) < 4.78 is 64.4. The summed E-state index contributed by atoms with van der Waals surface area (Å²) in [6.45, 7) is 0. The summed E-state index contributed by atoms with van der Waals surface area (Å²) in [6, 6.07) is 8.64. The molecule has 0 atom stereocenters. The lowest BCUT2D eigenvalue weighted by Gasteiger charge is -2.11. The molecule has 2 N–H and O–H groups in total. The molecule has 2 aromatic heterocycles. The van der Waals surface area contributed by atoms with Crippen molar-refractivity contribution < 1.29 is 31.1 Å². The third-order valence-electron chi connectivity index (χ3n) is 4.17. The molecule has 4 rings (SSSR count). The lowest BCUT2D eigenvalue weighted by molar-refractivity contribution is -0.782. The topological polar surface area (TPSA) is 180 Å². The van der Waals surface area contributed by atoms with E-state index in [0.29, 0.717) is 0 Å². The van der Waals surface area contributed by atoms with Crippen molar-refractivity contribution in [3.05, 3.63) is 60.1 Å². The third-order valence-corrected chi connectivity index (χ3v) is 6.91. The summed E-state index contributed by atoms with van der Waals surface area (Å²) in [4.78, 5) is 7.48. The first kappa shape index (κ1) is 21.3. The molecule has 2 aromatic carbocycles. The molecule has 0 aliphatic rings. The van der Waals surface area contributed by atoms with Gasteiger partial charge in [-0.25, -0.2) is 26.8 Å². The van der Waals surface area contributed by atoms with E-state index in [4.69, 9.17) is 4.74 Å². The smallest absolute Gasteiger partial charge is 0.263 e. The largest absolute Gasteiger partial charge is 0.478 e.